The molecular formula is C20H18ClN9OS3. The molecule has 0 aliphatic rings. The van der Waals surface area contributed by atoms with Gasteiger partial charge in [-0.15, -0.1) is 20.4 Å². The molecule has 0 saturated carbocycles. The van der Waals surface area contributed by atoms with Crippen LogP contribution in [-0.4, -0.2) is 42.9 Å². The van der Waals surface area contributed by atoms with Gasteiger partial charge in [0.1, 0.15) is 0 Å². The third-order valence-electron chi connectivity index (χ3n) is 4.10. The van der Waals surface area contributed by atoms with Crippen molar-refractivity contribution >= 4 is 69.7 Å². The lowest BCUT2D eigenvalue weighted by molar-refractivity contribution is -0.113. The number of nitrogens with two attached hydrogens (primary N) is 1. The molecule has 174 valence electrons. The first-order valence-corrected chi connectivity index (χ1v) is 12.9. The third kappa shape index (κ3) is 6.93. The molecule has 0 aliphatic heterocycles. The van der Waals surface area contributed by atoms with Gasteiger partial charge in [-0.2, -0.15) is 5.10 Å². The number of hydrazone groups is 1. The highest BCUT2D eigenvalue weighted by atomic mass is 35.5. The Kier molecular flexibility index (Phi) is 8.36. The second-order valence-electron chi connectivity index (χ2n) is 6.58. The van der Waals surface area contributed by atoms with Gasteiger partial charge >= 0.3 is 0 Å². The van der Waals surface area contributed by atoms with Crippen molar-refractivity contribution in [3.05, 3.63) is 70.7 Å². The molecule has 0 saturated heterocycles. The van der Waals surface area contributed by atoms with E-state index in [9.17, 15) is 4.79 Å². The number of benzene rings is 2. The number of rotatable bonds is 10. The van der Waals surface area contributed by atoms with Crippen LogP contribution in [0.4, 0.5) is 11.1 Å². The topological polar surface area (TPSA) is 136 Å². The van der Waals surface area contributed by atoms with Gasteiger partial charge in [-0.1, -0.05) is 88.9 Å². The summed E-state index contributed by atoms with van der Waals surface area (Å²) in [6, 6.07) is 17.2. The standard InChI is InChI=1S/C20H18ClN9OS3/c21-15-8-6-13(7-9-15)10-23-25-17-26-28-19(30(17)22)32-12-16(31)24-18-27-29-20(34-18)33-11-14-4-2-1-3-5-14/h1-10H,11-12,22H2,(H,25,26)(H,24,27,31)/b23-10+. The average Bonchev–Trinajstić information content (AvgIpc) is 3.44. The van der Waals surface area contributed by atoms with Crippen molar-refractivity contribution in [2.24, 2.45) is 5.10 Å². The second-order valence-corrected chi connectivity index (χ2v) is 10.2. The van der Waals surface area contributed by atoms with Crippen LogP contribution < -0.4 is 16.6 Å². The number of thioether (sulfide) groups is 2. The van der Waals surface area contributed by atoms with Gasteiger partial charge in [0.05, 0.1) is 12.0 Å². The van der Waals surface area contributed by atoms with Gasteiger partial charge in [-0.3, -0.25) is 10.1 Å². The molecule has 4 rings (SSSR count). The summed E-state index contributed by atoms with van der Waals surface area (Å²) < 4.78 is 2.00. The molecule has 0 fully saturated rings. The zero-order chi connectivity index (χ0) is 23.8. The highest BCUT2D eigenvalue weighted by molar-refractivity contribution is 8.00. The number of amides is 1. The summed E-state index contributed by atoms with van der Waals surface area (Å²) >= 11 is 9.89. The number of carbonyl (C=O) groups is 1. The molecule has 14 heteroatoms. The van der Waals surface area contributed by atoms with Gasteiger partial charge in [0.2, 0.25) is 16.2 Å². The van der Waals surface area contributed by atoms with E-state index < -0.39 is 0 Å². The second kappa shape index (κ2) is 11.8. The molecule has 0 atom stereocenters. The van der Waals surface area contributed by atoms with E-state index in [1.165, 1.54) is 21.6 Å². The first-order chi connectivity index (χ1) is 16.6. The quantitative estimate of drug-likeness (QED) is 0.0912. The minimum atomic E-state index is -0.251. The molecule has 4 N–H and O–H groups in total. The summed E-state index contributed by atoms with van der Waals surface area (Å²) in [5.41, 5.74) is 4.76. The first kappa shape index (κ1) is 24.0. The predicted octanol–water partition coefficient (Wildman–Crippen LogP) is 3.97. The summed E-state index contributed by atoms with van der Waals surface area (Å²) in [6.45, 7) is 0. The van der Waals surface area contributed by atoms with E-state index in [0.29, 0.717) is 15.3 Å². The monoisotopic (exact) mass is 531 g/mol. The molecule has 0 spiro atoms. The maximum absolute atomic E-state index is 12.3. The fraction of sp³-hybridized carbons (Fsp3) is 0.100. The molecule has 2 aromatic carbocycles. The van der Waals surface area contributed by atoms with Crippen LogP contribution in [0.3, 0.4) is 0 Å². The molecule has 2 aromatic heterocycles. The Morgan fingerprint density at radius 1 is 1.09 bits per heavy atom. The lowest BCUT2D eigenvalue weighted by Gasteiger charge is -2.03. The first-order valence-electron chi connectivity index (χ1n) is 9.75. The van der Waals surface area contributed by atoms with E-state index in [1.54, 1.807) is 30.1 Å². The Morgan fingerprint density at radius 2 is 1.88 bits per heavy atom. The smallest absolute Gasteiger partial charge is 0.264 e. The highest BCUT2D eigenvalue weighted by Gasteiger charge is 2.14. The van der Waals surface area contributed by atoms with Crippen LogP contribution in [0.5, 0.6) is 0 Å². The van der Waals surface area contributed by atoms with E-state index in [1.807, 2.05) is 30.3 Å². The van der Waals surface area contributed by atoms with Crippen LogP contribution in [0.1, 0.15) is 11.1 Å². The molecule has 0 unspecified atom stereocenters. The van der Waals surface area contributed by atoms with Crippen molar-refractivity contribution < 1.29 is 4.79 Å². The van der Waals surface area contributed by atoms with Gasteiger partial charge in [0.25, 0.3) is 5.95 Å². The van der Waals surface area contributed by atoms with E-state index in [0.717, 1.165) is 27.4 Å². The third-order valence-corrected chi connectivity index (χ3v) is 7.34. The molecular weight excluding hydrogens is 514 g/mol. The number of nitrogens with one attached hydrogen (secondary N) is 2. The van der Waals surface area contributed by atoms with Crippen LogP contribution in [0.25, 0.3) is 0 Å². The highest BCUT2D eigenvalue weighted by Crippen LogP contribution is 2.28. The van der Waals surface area contributed by atoms with Crippen LogP contribution in [0.2, 0.25) is 5.02 Å². The molecule has 4 aromatic rings. The minimum Gasteiger partial charge on any atom is -0.334 e. The molecule has 0 bridgehead atoms. The van der Waals surface area contributed by atoms with Crippen LogP contribution in [0.15, 0.2) is 69.2 Å². The average molecular weight is 532 g/mol. The fourth-order valence-corrected chi connectivity index (χ4v) is 4.99. The van der Waals surface area contributed by atoms with Crippen molar-refractivity contribution in [3.8, 4) is 0 Å². The largest absolute Gasteiger partial charge is 0.334 e. The number of anilines is 2. The lowest BCUT2D eigenvalue weighted by Crippen LogP contribution is -2.16. The predicted molar refractivity (Wildman–Crippen MR) is 138 cm³/mol. The van der Waals surface area contributed by atoms with Crippen LogP contribution >= 0.6 is 46.5 Å². The molecule has 10 nitrogen and oxygen atoms in total. The van der Waals surface area contributed by atoms with Crippen molar-refractivity contribution in [1.29, 1.82) is 0 Å². The Bertz CT molecular complexity index is 1260. The van der Waals surface area contributed by atoms with Crippen molar-refractivity contribution in [3.63, 3.8) is 0 Å². The number of hydrogen-bond acceptors (Lipinski definition) is 11. The van der Waals surface area contributed by atoms with Gasteiger partial charge in [-0.05, 0) is 23.3 Å². The lowest BCUT2D eigenvalue weighted by atomic mass is 10.2. The number of hydrogen-bond donors (Lipinski definition) is 3. The van der Waals surface area contributed by atoms with Crippen molar-refractivity contribution in [2.75, 3.05) is 22.3 Å². The fourth-order valence-electron chi connectivity index (χ4n) is 2.49. The number of carbonyl (C=O) groups excluding carboxylic acids is 1. The van der Waals surface area contributed by atoms with E-state index in [4.69, 9.17) is 17.4 Å². The number of aromatic nitrogens is 5. The normalized spacial score (nSPS) is 11.1. The number of halogens is 1. The Labute approximate surface area is 212 Å². The minimum absolute atomic E-state index is 0.0788. The molecule has 2 heterocycles. The van der Waals surface area contributed by atoms with Crippen LogP contribution in [-0.2, 0) is 10.5 Å². The molecule has 0 radical (unpaired) electrons. The molecule has 1 amide bonds. The van der Waals surface area contributed by atoms with E-state index in [-0.39, 0.29) is 17.6 Å². The van der Waals surface area contributed by atoms with Gasteiger partial charge < -0.3 is 5.84 Å². The van der Waals surface area contributed by atoms with E-state index in [2.05, 4.69) is 48.4 Å². The Hall–Kier alpha value is -3.13. The summed E-state index contributed by atoms with van der Waals surface area (Å²) in [6.07, 6.45) is 1.60. The number of nitrogen functional groups attached to an aromatic ring is 1. The SMILES string of the molecule is Nn1c(N/N=C/c2ccc(Cl)cc2)nnc1SCC(=O)Nc1nnc(SCc2ccccc2)s1. The summed E-state index contributed by atoms with van der Waals surface area (Å²) in [4.78, 5) is 12.3. The molecule has 0 aliphatic carbocycles. The summed E-state index contributed by atoms with van der Waals surface area (Å²) in [7, 11) is 0. The van der Waals surface area contributed by atoms with Crippen molar-refractivity contribution in [2.45, 2.75) is 15.2 Å². The summed E-state index contributed by atoms with van der Waals surface area (Å²) in [5, 5.41) is 24.3. The van der Waals surface area contributed by atoms with Gasteiger partial charge in [0, 0.05) is 10.8 Å². The van der Waals surface area contributed by atoms with Gasteiger partial charge in [-0.25, -0.2) is 10.1 Å². The molecule has 34 heavy (non-hydrogen) atoms. The zero-order valence-corrected chi connectivity index (χ0v) is 20.7. The maximum atomic E-state index is 12.3. The van der Waals surface area contributed by atoms with Gasteiger partial charge in [0.15, 0.2) is 4.34 Å². The van der Waals surface area contributed by atoms with Crippen LogP contribution in [0, 0.1) is 0 Å². The van der Waals surface area contributed by atoms with Crippen molar-refractivity contribution in [1.82, 2.24) is 25.1 Å². The van der Waals surface area contributed by atoms with E-state index >= 15 is 0 Å². The number of nitrogens with zero attached hydrogens (tertiary/aromatic N) is 6. The Morgan fingerprint density at radius 3 is 2.68 bits per heavy atom. The summed E-state index contributed by atoms with van der Waals surface area (Å²) in [5.74, 6) is 6.83. The zero-order valence-electron chi connectivity index (χ0n) is 17.5. The maximum Gasteiger partial charge on any atom is 0.264 e. The Balaban J connectivity index is 1.23.